The van der Waals surface area contributed by atoms with Crippen molar-refractivity contribution < 1.29 is 9.84 Å². The van der Waals surface area contributed by atoms with Gasteiger partial charge in [0, 0.05) is 19.2 Å². The standard InChI is InChI=1S/C8H18NO2/c1-8(2,7-11-4)9(3)5-6-10/h5-7H2,1-4H3. The monoisotopic (exact) mass is 160 g/mol. The molecule has 0 aromatic heterocycles. The van der Waals surface area contributed by atoms with Gasteiger partial charge in [0.25, 0.3) is 0 Å². The van der Waals surface area contributed by atoms with E-state index in [-0.39, 0.29) is 12.1 Å². The van der Waals surface area contributed by atoms with Crippen LogP contribution in [-0.4, -0.2) is 44.4 Å². The Morgan fingerprint density at radius 3 is 2.36 bits per heavy atom. The summed E-state index contributed by atoms with van der Waals surface area (Å²) in [5.41, 5.74) is -0.0286. The van der Waals surface area contributed by atoms with Gasteiger partial charge in [-0.1, -0.05) is 0 Å². The second-order valence-corrected chi connectivity index (χ2v) is 3.37. The number of hydrogen-bond donors (Lipinski definition) is 0. The summed E-state index contributed by atoms with van der Waals surface area (Å²) in [5, 5.41) is 10.3. The van der Waals surface area contributed by atoms with E-state index in [2.05, 4.69) is 13.8 Å². The maximum atomic E-state index is 10.3. The van der Waals surface area contributed by atoms with Crippen molar-refractivity contribution in [1.29, 1.82) is 0 Å². The summed E-state index contributed by atoms with van der Waals surface area (Å²) >= 11 is 0. The lowest BCUT2D eigenvalue weighted by Crippen LogP contribution is -2.45. The Hall–Kier alpha value is -0.120. The first-order chi connectivity index (χ1) is 5.04. The number of hydrogen-bond acceptors (Lipinski definition) is 2. The fourth-order valence-corrected chi connectivity index (χ4v) is 0.903. The minimum atomic E-state index is -0.0519. The summed E-state index contributed by atoms with van der Waals surface area (Å²) in [4.78, 5) is 2.02. The largest absolute Gasteiger partial charge is 0.383 e. The highest BCUT2D eigenvalue weighted by Crippen LogP contribution is 2.11. The number of nitrogens with zero attached hydrogens (tertiary/aromatic N) is 1. The number of likely N-dealkylation sites (N-methyl/N-ethyl adjacent to an activating group) is 1. The third-order valence-electron chi connectivity index (χ3n) is 1.96. The highest BCUT2D eigenvalue weighted by molar-refractivity contribution is 4.78. The molecule has 0 spiro atoms. The first-order valence-corrected chi connectivity index (χ1v) is 3.83. The Labute approximate surface area is 69.0 Å². The zero-order valence-corrected chi connectivity index (χ0v) is 7.89. The summed E-state index contributed by atoms with van der Waals surface area (Å²) in [7, 11) is 3.61. The topological polar surface area (TPSA) is 32.4 Å². The molecule has 0 aromatic carbocycles. The van der Waals surface area contributed by atoms with Crippen LogP contribution in [0.3, 0.4) is 0 Å². The molecule has 0 fully saturated rings. The second kappa shape index (κ2) is 4.70. The molecule has 0 saturated heterocycles. The van der Waals surface area contributed by atoms with Crippen LogP contribution in [0.15, 0.2) is 0 Å². The van der Waals surface area contributed by atoms with Crippen LogP contribution in [0.5, 0.6) is 0 Å². The third kappa shape index (κ3) is 3.70. The van der Waals surface area contributed by atoms with Crippen LogP contribution in [-0.2, 0) is 9.84 Å². The summed E-state index contributed by atoms with van der Waals surface area (Å²) in [6, 6.07) is 0. The van der Waals surface area contributed by atoms with Gasteiger partial charge >= 0.3 is 0 Å². The van der Waals surface area contributed by atoms with Crippen molar-refractivity contribution in [3.63, 3.8) is 0 Å². The van der Waals surface area contributed by atoms with E-state index in [1.54, 1.807) is 7.11 Å². The Morgan fingerprint density at radius 2 is 2.00 bits per heavy atom. The molecule has 0 rings (SSSR count). The molecular formula is C8H18NO2. The fraction of sp³-hybridized carbons (Fsp3) is 1.00. The predicted molar refractivity (Wildman–Crippen MR) is 44.1 cm³/mol. The Balaban J connectivity index is 3.83. The molecule has 0 heterocycles. The van der Waals surface area contributed by atoms with Gasteiger partial charge in [-0.3, -0.25) is 4.90 Å². The first kappa shape index (κ1) is 10.9. The molecule has 0 aliphatic heterocycles. The van der Waals surface area contributed by atoms with E-state index in [0.717, 1.165) is 0 Å². The molecule has 3 heteroatoms. The lowest BCUT2D eigenvalue weighted by atomic mass is 10.1. The third-order valence-corrected chi connectivity index (χ3v) is 1.96. The number of methoxy groups -OCH3 is 1. The van der Waals surface area contributed by atoms with Crippen molar-refractivity contribution in [3.8, 4) is 0 Å². The van der Waals surface area contributed by atoms with Gasteiger partial charge in [-0.05, 0) is 20.9 Å². The highest BCUT2D eigenvalue weighted by Gasteiger charge is 2.22. The van der Waals surface area contributed by atoms with Gasteiger partial charge in [-0.2, -0.15) is 0 Å². The van der Waals surface area contributed by atoms with Crippen LogP contribution >= 0.6 is 0 Å². The first-order valence-electron chi connectivity index (χ1n) is 3.83. The van der Waals surface area contributed by atoms with E-state index in [9.17, 15) is 5.11 Å². The summed E-state index contributed by atoms with van der Waals surface area (Å²) in [6.07, 6.45) is 0. The molecule has 0 aliphatic carbocycles. The minimum Gasteiger partial charge on any atom is -0.383 e. The van der Waals surface area contributed by atoms with Crippen molar-refractivity contribution in [2.45, 2.75) is 19.4 Å². The second-order valence-electron chi connectivity index (χ2n) is 3.37. The van der Waals surface area contributed by atoms with Gasteiger partial charge in [0.15, 0.2) is 0 Å². The van der Waals surface area contributed by atoms with E-state index in [1.165, 1.54) is 0 Å². The lowest BCUT2D eigenvalue weighted by molar-refractivity contribution is 0.0324. The van der Waals surface area contributed by atoms with E-state index < -0.39 is 0 Å². The van der Waals surface area contributed by atoms with Crippen LogP contribution in [0, 0.1) is 0 Å². The van der Waals surface area contributed by atoms with Crippen LogP contribution in [0.25, 0.3) is 0 Å². The molecule has 3 nitrogen and oxygen atoms in total. The number of rotatable bonds is 5. The molecule has 67 valence electrons. The molecule has 0 aromatic rings. The quantitative estimate of drug-likeness (QED) is 0.595. The average molecular weight is 160 g/mol. The van der Waals surface area contributed by atoms with E-state index >= 15 is 0 Å². The normalized spacial score (nSPS) is 12.5. The maximum Gasteiger partial charge on any atom is 0.0949 e. The van der Waals surface area contributed by atoms with Crippen LogP contribution < -0.4 is 0 Å². The van der Waals surface area contributed by atoms with Gasteiger partial charge in [-0.25, -0.2) is 5.11 Å². The van der Waals surface area contributed by atoms with Crippen molar-refractivity contribution in [2.24, 2.45) is 0 Å². The molecule has 0 atom stereocenters. The Morgan fingerprint density at radius 1 is 1.45 bits per heavy atom. The molecular weight excluding hydrogens is 142 g/mol. The fourth-order valence-electron chi connectivity index (χ4n) is 0.903. The van der Waals surface area contributed by atoms with Gasteiger partial charge in [0.1, 0.15) is 0 Å². The average Bonchev–Trinajstić information content (AvgIpc) is 1.88. The molecule has 0 bridgehead atoms. The van der Waals surface area contributed by atoms with E-state index in [0.29, 0.717) is 13.2 Å². The zero-order chi connectivity index (χ0) is 8.91. The Bertz CT molecular complexity index is 104. The molecule has 1 radical (unpaired) electrons. The van der Waals surface area contributed by atoms with Crippen molar-refractivity contribution in [2.75, 3.05) is 33.9 Å². The minimum absolute atomic E-state index is 0.0286. The molecule has 11 heavy (non-hydrogen) atoms. The summed E-state index contributed by atoms with van der Waals surface area (Å²) in [5.74, 6) is 0. The molecule has 0 amide bonds. The predicted octanol–water partition coefficient (Wildman–Crippen LogP) is 0.774. The SMILES string of the molecule is COCC(C)(C)N(C)CC[O]. The molecule has 0 unspecified atom stereocenters. The van der Waals surface area contributed by atoms with Gasteiger partial charge in [-0.15, -0.1) is 0 Å². The smallest absolute Gasteiger partial charge is 0.0949 e. The highest BCUT2D eigenvalue weighted by atomic mass is 16.5. The van der Waals surface area contributed by atoms with Gasteiger partial charge in [0.2, 0.25) is 0 Å². The maximum absolute atomic E-state index is 10.3. The summed E-state index contributed by atoms with van der Waals surface area (Å²) in [6.45, 7) is 5.31. The van der Waals surface area contributed by atoms with Crippen molar-refractivity contribution in [1.82, 2.24) is 4.90 Å². The van der Waals surface area contributed by atoms with E-state index in [4.69, 9.17) is 4.74 Å². The summed E-state index contributed by atoms with van der Waals surface area (Å²) < 4.78 is 5.03. The lowest BCUT2D eigenvalue weighted by Gasteiger charge is -2.34. The van der Waals surface area contributed by atoms with Crippen molar-refractivity contribution >= 4 is 0 Å². The molecule has 0 N–H and O–H groups in total. The van der Waals surface area contributed by atoms with E-state index in [1.807, 2.05) is 11.9 Å². The Kier molecular flexibility index (Phi) is 4.65. The number of ether oxygens (including phenoxy) is 1. The molecule has 0 aliphatic rings. The van der Waals surface area contributed by atoms with Crippen LogP contribution in [0.2, 0.25) is 0 Å². The van der Waals surface area contributed by atoms with Crippen molar-refractivity contribution in [3.05, 3.63) is 0 Å². The van der Waals surface area contributed by atoms with Crippen LogP contribution in [0.1, 0.15) is 13.8 Å². The van der Waals surface area contributed by atoms with Gasteiger partial charge < -0.3 is 4.74 Å². The van der Waals surface area contributed by atoms with Gasteiger partial charge in [0.05, 0.1) is 13.2 Å². The molecule has 0 saturated carbocycles. The zero-order valence-electron chi connectivity index (χ0n) is 7.89. The van der Waals surface area contributed by atoms with Crippen LogP contribution in [0.4, 0.5) is 0 Å².